The first-order valence-corrected chi connectivity index (χ1v) is 7.97. The molecule has 1 amide bonds. The highest BCUT2D eigenvalue weighted by Crippen LogP contribution is 2.30. The molecule has 3 nitrogen and oxygen atoms in total. The second-order valence-electron chi connectivity index (χ2n) is 6.04. The highest BCUT2D eigenvalue weighted by molar-refractivity contribution is 6.00. The zero-order chi connectivity index (χ0) is 18.9. The van der Waals surface area contributed by atoms with E-state index in [4.69, 9.17) is 0 Å². The summed E-state index contributed by atoms with van der Waals surface area (Å²) < 4.78 is 40.7. The number of amides is 1. The molecule has 1 N–H and O–H groups in total. The third-order valence-corrected chi connectivity index (χ3v) is 4.16. The molecule has 0 radical (unpaired) electrons. The van der Waals surface area contributed by atoms with E-state index in [1.54, 1.807) is 12.1 Å². The molecule has 0 saturated heterocycles. The number of carbonyl (C=O) groups is 1. The van der Waals surface area contributed by atoms with Crippen molar-refractivity contribution in [3.8, 4) is 0 Å². The number of nitrogens with zero attached hydrogens (tertiary/aromatic N) is 1. The molecule has 2 aromatic carbocycles. The molecule has 6 heteroatoms. The number of benzene rings is 2. The van der Waals surface area contributed by atoms with Crippen molar-refractivity contribution < 1.29 is 18.0 Å². The third-order valence-electron chi connectivity index (χ3n) is 4.16. The number of hydrogen-bond acceptors (Lipinski definition) is 1. The fraction of sp³-hybridized carbons (Fsp3) is 0.150. The summed E-state index contributed by atoms with van der Waals surface area (Å²) >= 11 is 0. The lowest BCUT2D eigenvalue weighted by molar-refractivity contribution is -0.137. The highest BCUT2D eigenvalue weighted by atomic mass is 19.4. The Balaban J connectivity index is 1.95. The Morgan fingerprint density at radius 1 is 1.19 bits per heavy atom. The smallest absolute Gasteiger partial charge is 0.340 e. The lowest BCUT2D eigenvalue weighted by atomic mass is 10.1. The van der Waals surface area contributed by atoms with E-state index in [1.807, 2.05) is 29.7 Å². The number of carbonyl (C=O) groups excluding carboxylic acids is 1. The summed E-state index contributed by atoms with van der Waals surface area (Å²) in [6.07, 6.45) is -3.17. The van der Waals surface area contributed by atoms with Crippen LogP contribution in [0, 0.1) is 6.92 Å². The molecule has 0 aliphatic carbocycles. The van der Waals surface area contributed by atoms with Crippen molar-refractivity contribution in [1.29, 1.82) is 0 Å². The number of alkyl halides is 3. The molecule has 0 atom stereocenters. The zero-order valence-electron chi connectivity index (χ0n) is 14.1. The van der Waals surface area contributed by atoms with E-state index in [-0.39, 0.29) is 5.91 Å². The number of aromatic nitrogens is 1. The van der Waals surface area contributed by atoms with E-state index < -0.39 is 11.7 Å². The Morgan fingerprint density at radius 2 is 1.96 bits per heavy atom. The monoisotopic (exact) mass is 358 g/mol. The van der Waals surface area contributed by atoms with Gasteiger partial charge in [0.25, 0.3) is 0 Å². The van der Waals surface area contributed by atoms with E-state index in [2.05, 4.69) is 11.9 Å². The van der Waals surface area contributed by atoms with Crippen LogP contribution < -0.4 is 5.32 Å². The minimum Gasteiger partial charge on any atom is -0.340 e. The van der Waals surface area contributed by atoms with Gasteiger partial charge in [-0.1, -0.05) is 18.7 Å². The summed E-state index contributed by atoms with van der Waals surface area (Å²) in [6.45, 7) is 5.64. The summed E-state index contributed by atoms with van der Waals surface area (Å²) in [5.74, 6) is -0.301. The van der Waals surface area contributed by atoms with Gasteiger partial charge in [0.05, 0.1) is 5.56 Å². The quantitative estimate of drug-likeness (QED) is 0.644. The first kappa shape index (κ1) is 17.8. The Hall–Kier alpha value is -3.02. The van der Waals surface area contributed by atoms with Crippen molar-refractivity contribution in [3.05, 3.63) is 78.0 Å². The van der Waals surface area contributed by atoms with Crippen molar-refractivity contribution in [2.75, 3.05) is 5.32 Å². The van der Waals surface area contributed by atoms with Crippen LogP contribution in [0.1, 0.15) is 16.8 Å². The van der Waals surface area contributed by atoms with Crippen LogP contribution in [0.4, 0.5) is 18.9 Å². The van der Waals surface area contributed by atoms with Gasteiger partial charge in [0, 0.05) is 28.8 Å². The molecule has 3 rings (SSSR count). The summed E-state index contributed by atoms with van der Waals surface area (Å²) in [7, 11) is 0. The average Bonchev–Trinajstić information content (AvgIpc) is 2.89. The molecule has 0 fully saturated rings. The molecule has 1 heterocycles. The maximum Gasteiger partial charge on any atom is 0.416 e. The van der Waals surface area contributed by atoms with Gasteiger partial charge in [0.1, 0.15) is 0 Å². The molecule has 0 aliphatic rings. The summed E-state index contributed by atoms with van der Waals surface area (Å²) in [5, 5.41) is 3.59. The van der Waals surface area contributed by atoms with Gasteiger partial charge in [-0.15, -0.1) is 0 Å². The number of hydrogen-bond donors (Lipinski definition) is 1. The van der Waals surface area contributed by atoms with Gasteiger partial charge < -0.3 is 9.88 Å². The molecule has 0 saturated carbocycles. The van der Waals surface area contributed by atoms with Crippen LogP contribution >= 0.6 is 0 Å². The summed E-state index contributed by atoms with van der Waals surface area (Å²) in [5.41, 5.74) is 2.36. The zero-order valence-corrected chi connectivity index (χ0v) is 14.1. The van der Waals surface area contributed by atoms with Crippen molar-refractivity contribution >= 4 is 22.5 Å². The minimum atomic E-state index is -4.36. The number of fused-ring (bicyclic) bond motifs is 1. The fourth-order valence-corrected chi connectivity index (χ4v) is 2.92. The van der Waals surface area contributed by atoms with Gasteiger partial charge in [-0.2, -0.15) is 13.2 Å². The van der Waals surface area contributed by atoms with Crippen molar-refractivity contribution in [1.82, 2.24) is 4.57 Å². The topological polar surface area (TPSA) is 34.0 Å². The van der Waals surface area contributed by atoms with Crippen LogP contribution in [0.3, 0.4) is 0 Å². The predicted molar refractivity (Wildman–Crippen MR) is 96.0 cm³/mol. The van der Waals surface area contributed by atoms with Gasteiger partial charge in [-0.05, 0) is 55.0 Å². The molecule has 134 valence electrons. The Morgan fingerprint density at radius 3 is 2.65 bits per heavy atom. The standard InChI is InChI=1S/C20H17F3N2O/c1-3-19(26)24-17-7-8-18-15(11-17)9-13(2)25(18)12-14-5-4-6-16(10-14)20(21,22)23/h3-11H,1,12H2,2H3,(H,24,26). The average molecular weight is 358 g/mol. The lowest BCUT2D eigenvalue weighted by Crippen LogP contribution is -2.08. The second kappa shape index (κ2) is 6.71. The molecule has 0 unspecified atom stereocenters. The van der Waals surface area contributed by atoms with Crippen LogP contribution in [-0.4, -0.2) is 10.5 Å². The maximum atomic E-state index is 12.9. The van der Waals surface area contributed by atoms with E-state index in [1.165, 1.54) is 18.2 Å². The molecular formula is C20H17F3N2O. The van der Waals surface area contributed by atoms with Gasteiger partial charge in [0.15, 0.2) is 0 Å². The first-order valence-electron chi connectivity index (χ1n) is 7.97. The normalized spacial score (nSPS) is 11.5. The lowest BCUT2D eigenvalue weighted by Gasteiger charge is -2.12. The fourth-order valence-electron chi connectivity index (χ4n) is 2.92. The van der Waals surface area contributed by atoms with Crippen molar-refractivity contribution in [2.24, 2.45) is 0 Å². The van der Waals surface area contributed by atoms with Crippen LogP contribution in [0.5, 0.6) is 0 Å². The van der Waals surface area contributed by atoms with E-state index in [0.717, 1.165) is 22.7 Å². The predicted octanol–water partition coefficient (Wildman–Crippen LogP) is 5.14. The number of aryl methyl sites for hydroxylation is 1. The third kappa shape index (κ3) is 3.64. The van der Waals surface area contributed by atoms with Gasteiger partial charge in [-0.3, -0.25) is 4.79 Å². The van der Waals surface area contributed by atoms with E-state index in [9.17, 15) is 18.0 Å². The number of halogens is 3. The molecule has 1 aromatic heterocycles. The molecule has 0 spiro atoms. The molecule has 0 bridgehead atoms. The van der Waals surface area contributed by atoms with Crippen LogP contribution in [0.15, 0.2) is 61.2 Å². The molecule has 3 aromatic rings. The Bertz CT molecular complexity index is 986. The SMILES string of the molecule is C=CC(=O)Nc1ccc2c(c1)cc(C)n2Cc1cccc(C(F)(F)F)c1. The second-order valence-corrected chi connectivity index (χ2v) is 6.04. The van der Waals surface area contributed by atoms with Crippen LogP contribution in [0.25, 0.3) is 10.9 Å². The van der Waals surface area contributed by atoms with E-state index in [0.29, 0.717) is 17.8 Å². The molecular weight excluding hydrogens is 341 g/mol. The number of nitrogens with one attached hydrogen (secondary N) is 1. The van der Waals surface area contributed by atoms with Gasteiger partial charge in [-0.25, -0.2) is 0 Å². The molecule has 0 aliphatic heterocycles. The molecule has 26 heavy (non-hydrogen) atoms. The summed E-state index contributed by atoms with van der Waals surface area (Å²) in [4.78, 5) is 11.4. The largest absolute Gasteiger partial charge is 0.416 e. The summed E-state index contributed by atoms with van der Waals surface area (Å²) in [6, 6.07) is 12.7. The first-order chi connectivity index (χ1) is 12.3. The van der Waals surface area contributed by atoms with Crippen LogP contribution in [-0.2, 0) is 17.5 Å². The maximum absolute atomic E-state index is 12.9. The van der Waals surface area contributed by atoms with E-state index >= 15 is 0 Å². The Labute approximate surface area is 148 Å². The van der Waals surface area contributed by atoms with Crippen molar-refractivity contribution in [2.45, 2.75) is 19.6 Å². The van der Waals surface area contributed by atoms with Crippen molar-refractivity contribution in [3.63, 3.8) is 0 Å². The number of anilines is 1. The van der Waals surface area contributed by atoms with Crippen LogP contribution in [0.2, 0.25) is 0 Å². The van der Waals surface area contributed by atoms with Gasteiger partial charge in [0.2, 0.25) is 5.91 Å². The number of rotatable bonds is 4. The van der Waals surface area contributed by atoms with Gasteiger partial charge >= 0.3 is 6.18 Å². The minimum absolute atomic E-state index is 0.301. The Kier molecular flexibility index (Phi) is 4.59. The highest BCUT2D eigenvalue weighted by Gasteiger charge is 2.30.